The molecule has 4 nitrogen and oxygen atoms in total. The van der Waals surface area contributed by atoms with E-state index in [2.05, 4.69) is 10.1 Å². The number of hydrogen-bond acceptors (Lipinski definition) is 3. The summed E-state index contributed by atoms with van der Waals surface area (Å²) in [6.07, 6.45) is -2.81. The molecule has 1 N–H and O–H groups in total. The lowest BCUT2D eigenvalue weighted by Gasteiger charge is -2.22. The van der Waals surface area contributed by atoms with Gasteiger partial charge in [-0.05, 0) is 25.3 Å². The Labute approximate surface area is 120 Å². The second kappa shape index (κ2) is 6.80. The van der Waals surface area contributed by atoms with Gasteiger partial charge in [0.2, 0.25) is 5.91 Å². The van der Waals surface area contributed by atoms with E-state index in [1.165, 1.54) is 18.2 Å². The number of ether oxygens (including phenoxy) is 2. The number of rotatable bonds is 4. The molecule has 0 saturated carbocycles. The van der Waals surface area contributed by atoms with Crippen LogP contribution in [0.25, 0.3) is 0 Å². The first-order chi connectivity index (χ1) is 9.96. The van der Waals surface area contributed by atoms with Gasteiger partial charge in [-0.25, -0.2) is 0 Å². The molecular weight excluding hydrogens is 287 g/mol. The van der Waals surface area contributed by atoms with Gasteiger partial charge in [-0.15, -0.1) is 13.2 Å². The quantitative estimate of drug-likeness (QED) is 0.930. The molecule has 1 atom stereocenters. The minimum atomic E-state index is -4.76. The zero-order valence-electron chi connectivity index (χ0n) is 11.3. The second-order valence-electron chi connectivity index (χ2n) is 4.73. The summed E-state index contributed by atoms with van der Waals surface area (Å²) >= 11 is 0. The fourth-order valence-corrected chi connectivity index (χ4v) is 2.12. The van der Waals surface area contributed by atoms with Gasteiger partial charge in [0.25, 0.3) is 0 Å². The zero-order chi connectivity index (χ0) is 15.3. The lowest BCUT2D eigenvalue weighted by molar-refractivity contribution is -0.274. The van der Waals surface area contributed by atoms with Crippen LogP contribution in [0.1, 0.15) is 24.8 Å². The summed E-state index contributed by atoms with van der Waals surface area (Å²) in [4.78, 5) is 11.9. The first-order valence-corrected chi connectivity index (χ1v) is 6.69. The number of halogens is 3. The Morgan fingerprint density at radius 3 is 2.76 bits per heavy atom. The molecule has 1 fully saturated rings. The summed E-state index contributed by atoms with van der Waals surface area (Å²) in [5.74, 6) is -0.619. The van der Waals surface area contributed by atoms with E-state index in [1.807, 2.05) is 0 Å². The van der Waals surface area contributed by atoms with Crippen molar-refractivity contribution in [3.63, 3.8) is 0 Å². The molecule has 1 amide bonds. The summed E-state index contributed by atoms with van der Waals surface area (Å²) in [6.45, 7) is 0.497. The average molecular weight is 303 g/mol. The summed E-state index contributed by atoms with van der Waals surface area (Å²) in [5, 5.41) is 2.58. The molecule has 1 aliphatic rings. The third-order valence-corrected chi connectivity index (χ3v) is 3.12. The highest BCUT2D eigenvalue weighted by Crippen LogP contribution is 2.26. The minimum Gasteiger partial charge on any atom is -0.405 e. The summed E-state index contributed by atoms with van der Waals surface area (Å²) in [6, 6.07) is 5.72. The van der Waals surface area contributed by atoms with Crippen molar-refractivity contribution in [2.45, 2.75) is 38.3 Å². The molecule has 0 unspecified atom stereocenters. The summed E-state index contributed by atoms with van der Waals surface area (Å²) in [5.41, 5.74) is 0.263. The van der Waals surface area contributed by atoms with Crippen LogP contribution in [0.3, 0.4) is 0 Å². The van der Waals surface area contributed by atoms with E-state index in [0.717, 1.165) is 12.8 Å². The monoisotopic (exact) mass is 303 g/mol. The predicted octanol–water partition coefficient (Wildman–Crippen LogP) is 2.77. The highest BCUT2D eigenvalue weighted by atomic mass is 19.4. The average Bonchev–Trinajstić information content (AvgIpc) is 2.45. The molecule has 1 aliphatic heterocycles. The Balaban J connectivity index is 1.94. The van der Waals surface area contributed by atoms with Gasteiger partial charge in [0.1, 0.15) is 11.9 Å². The van der Waals surface area contributed by atoms with Gasteiger partial charge < -0.3 is 14.8 Å². The lowest BCUT2D eigenvalue weighted by atomic mass is 10.1. The van der Waals surface area contributed by atoms with Gasteiger partial charge in [0.05, 0.1) is 0 Å². The van der Waals surface area contributed by atoms with Gasteiger partial charge in [0, 0.05) is 18.7 Å². The van der Waals surface area contributed by atoms with E-state index >= 15 is 0 Å². The summed E-state index contributed by atoms with van der Waals surface area (Å²) < 4.78 is 46.1. The number of benzene rings is 1. The van der Waals surface area contributed by atoms with Crippen molar-refractivity contribution in [1.82, 2.24) is 5.32 Å². The number of hydrogen-bond donors (Lipinski definition) is 1. The molecular formula is C14H16F3NO3. The van der Waals surface area contributed by atoms with Crippen molar-refractivity contribution in [2.75, 3.05) is 6.61 Å². The Morgan fingerprint density at radius 2 is 2.10 bits per heavy atom. The van der Waals surface area contributed by atoms with Crippen molar-refractivity contribution in [3.05, 3.63) is 29.8 Å². The van der Waals surface area contributed by atoms with Gasteiger partial charge in [-0.2, -0.15) is 0 Å². The molecule has 0 aromatic heterocycles. The molecule has 0 spiro atoms. The van der Waals surface area contributed by atoms with Gasteiger partial charge in [-0.1, -0.05) is 18.2 Å². The molecule has 0 aliphatic carbocycles. The van der Waals surface area contributed by atoms with Crippen LogP contribution in [0.2, 0.25) is 0 Å². The fourth-order valence-electron chi connectivity index (χ4n) is 2.12. The fraction of sp³-hybridized carbons (Fsp3) is 0.500. The lowest BCUT2D eigenvalue weighted by Crippen LogP contribution is -2.38. The normalized spacial score (nSPS) is 19.1. The number of alkyl halides is 3. The second-order valence-corrected chi connectivity index (χ2v) is 4.73. The van der Waals surface area contributed by atoms with Crippen LogP contribution in [-0.4, -0.2) is 25.0 Å². The Bertz CT molecular complexity index is 485. The third-order valence-electron chi connectivity index (χ3n) is 3.12. The van der Waals surface area contributed by atoms with Crippen molar-refractivity contribution < 1.29 is 27.4 Å². The van der Waals surface area contributed by atoms with E-state index < -0.39 is 12.5 Å². The van der Waals surface area contributed by atoms with Crippen LogP contribution < -0.4 is 10.1 Å². The smallest absolute Gasteiger partial charge is 0.405 e. The van der Waals surface area contributed by atoms with Gasteiger partial charge in [-0.3, -0.25) is 4.79 Å². The highest BCUT2D eigenvalue weighted by Gasteiger charge is 2.32. The van der Waals surface area contributed by atoms with Crippen LogP contribution in [0.4, 0.5) is 13.2 Å². The maximum atomic E-state index is 12.3. The number of nitrogens with one attached hydrogen (secondary N) is 1. The van der Waals surface area contributed by atoms with E-state index in [0.29, 0.717) is 13.0 Å². The van der Waals surface area contributed by atoms with Crippen LogP contribution in [-0.2, 0) is 16.1 Å². The van der Waals surface area contributed by atoms with Crippen LogP contribution >= 0.6 is 0 Å². The van der Waals surface area contributed by atoms with Crippen molar-refractivity contribution >= 4 is 5.91 Å². The molecule has 0 bridgehead atoms. The number of para-hydroxylation sites is 1. The largest absolute Gasteiger partial charge is 0.573 e. The minimum absolute atomic E-state index is 0.0368. The maximum Gasteiger partial charge on any atom is 0.573 e. The highest BCUT2D eigenvalue weighted by molar-refractivity contribution is 5.80. The van der Waals surface area contributed by atoms with Gasteiger partial charge >= 0.3 is 6.36 Å². The van der Waals surface area contributed by atoms with E-state index in [9.17, 15) is 18.0 Å². The first kappa shape index (κ1) is 15.6. The number of carbonyl (C=O) groups is 1. The Morgan fingerprint density at radius 1 is 1.33 bits per heavy atom. The van der Waals surface area contributed by atoms with Gasteiger partial charge in [0.15, 0.2) is 0 Å². The molecule has 21 heavy (non-hydrogen) atoms. The van der Waals surface area contributed by atoms with Crippen LogP contribution in [0.5, 0.6) is 5.75 Å². The number of amides is 1. The third kappa shape index (κ3) is 4.93. The van der Waals surface area contributed by atoms with Crippen LogP contribution in [0.15, 0.2) is 24.3 Å². The molecule has 116 valence electrons. The standard InChI is InChI=1S/C14H16F3NO3/c15-14(16,17)21-11-6-2-1-5-10(11)9-18-13(19)12-7-3-4-8-20-12/h1-2,5-6,12H,3-4,7-9H2,(H,18,19)/t12-/m0/s1. The molecule has 1 aromatic rings. The topological polar surface area (TPSA) is 47.6 Å². The van der Waals surface area contributed by atoms with Crippen LogP contribution in [0, 0.1) is 0 Å². The van der Waals surface area contributed by atoms with Crippen molar-refractivity contribution in [1.29, 1.82) is 0 Å². The Hall–Kier alpha value is -1.76. The number of carbonyl (C=O) groups excluding carboxylic acids is 1. The van der Waals surface area contributed by atoms with E-state index in [-0.39, 0.29) is 23.8 Å². The molecule has 7 heteroatoms. The molecule has 1 heterocycles. The predicted molar refractivity (Wildman–Crippen MR) is 68.6 cm³/mol. The Kier molecular flexibility index (Phi) is 5.06. The molecule has 2 rings (SSSR count). The molecule has 0 radical (unpaired) electrons. The summed E-state index contributed by atoms with van der Waals surface area (Å²) in [7, 11) is 0. The molecule has 1 aromatic carbocycles. The van der Waals surface area contributed by atoms with Crippen molar-refractivity contribution in [3.8, 4) is 5.75 Å². The SMILES string of the molecule is O=C(NCc1ccccc1OC(F)(F)F)[C@@H]1CCCCO1. The van der Waals surface area contributed by atoms with E-state index in [4.69, 9.17) is 4.74 Å². The first-order valence-electron chi connectivity index (χ1n) is 6.69. The maximum absolute atomic E-state index is 12.3. The zero-order valence-corrected chi connectivity index (χ0v) is 11.3. The molecule has 1 saturated heterocycles. The van der Waals surface area contributed by atoms with Crippen molar-refractivity contribution in [2.24, 2.45) is 0 Å². The van der Waals surface area contributed by atoms with E-state index in [1.54, 1.807) is 6.07 Å².